The fraction of sp³-hybridized carbons (Fsp3) is 0.333. The van der Waals surface area contributed by atoms with Gasteiger partial charge in [-0.05, 0) is 50.6 Å². The van der Waals surface area contributed by atoms with Gasteiger partial charge in [0.1, 0.15) is 0 Å². The Labute approximate surface area is 103 Å². The van der Waals surface area contributed by atoms with Gasteiger partial charge in [-0.15, -0.1) is 0 Å². The van der Waals surface area contributed by atoms with E-state index in [9.17, 15) is 0 Å². The second-order valence-electron chi connectivity index (χ2n) is 4.82. The molecule has 1 aromatic carbocycles. The molecule has 0 amide bonds. The summed E-state index contributed by atoms with van der Waals surface area (Å²) in [6, 6.07) is 10.9. The minimum atomic E-state index is 1.24. The molecule has 0 atom stereocenters. The van der Waals surface area contributed by atoms with E-state index in [2.05, 4.69) is 74.7 Å². The van der Waals surface area contributed by atoms with Crippen molar-refractivity contribution >= 4 is 5.69 Å². The van der Waals surface area contributed by atoms with Crippen LogP contribution in [0.4, 0.5) is 5.69 Å². The molecule has 0 saturated heterocycles. The summed E-state index contributed by atoms with van der Waals surface area (Å²) in [5.41, 5.74) is 6.36. The molecule has 0 saturated carbocycles. The molecule has 0 spiro atoms. The van der Waals surface area contributed by atoms with Gasteiger partial charge in [0.2, 0.25) is 0 Å². The molecule has 0 fully saturated rings. The van der Waals surface area contributed by atoms with E-state index in [1.807, 2.05) is 0 Å². The molecule has 0 N–H and O–H groups in total. The zero-order valence-electron chi connectivity index (χ0n) is 11.3. The molecule has 17 heavy (non-hydrogen) atoms. The number of aromatic nitrogens is 1. The van der Waals surface area contributed by atoms with Crippen molar-refractivity contribution in [3.63, 3.8) is 0 Å². The Balaban J connectivity index is 2.58. The van der Waals surface area contributed by atoms with Crippen molar-refractivity contribution in [3.05, 3.63) is 47.3 Å². The van der Waals surface area contributed by atoms with Gasteiger partial charge in [-0.1, -0.05) is 6.07 Å². The number of rotatable bonds is 2. The maximum Gasteiger partial charge on any atom is 0.0475 e. The molecule has 0 aliphatic heterocycles. The predicted molar refractivity (Wildman–Crippen MR) is 74.3 cm³/mol. The molecular weight excluding hydrogens is 208 g/mol. The Bertz CT molecular complexity index is 516. The van der Waals surface area contributed by atoms with Crippen LogP contribution in [0.2, 0.25) is 0 Å². The van der Waals surface area contributed by atoms with Crippen molar-refractivity contribution in [2.75, 3.05) is 19.0 Å². The van der Waals surface area contributed by atoms with E-state index in [0.717, 1.165) is 0 Å². The minimum Gasteiger partial charge on any atom is -0.377 e. The van der Waals surface area contributed by atoms with Crippen LogP contribution >= 0.6 is 0 Å². The van der Waals surface area contributed by atoms with Crippen molar-refractivity contribution in [1.29, 1.82) is 0 Å². The van der Waals surface area contributed by atoms with Crippen LogP contribution in [-0.4, -0.2) is 18.7 Å². The van der Waals surface area contributed by atoms with Crippen molar-refractivity contribution in [3.8, 4) is 5.69 Å². The van der Waals surface area contributed by atoms with Gasteiger partial charge in [0, 0.05) is 36.9 Å². The summed E-state index contributed by atoms with van der Waals surface area (Å²) in [6.45, 7) is 6.43. The summed E-state index contributed by atoms with van der Waals surface area (Å²) < 4.78 is 2.28. The van der Waals surface area contributed by atoms with E-state index in [-0.39, 0.29) is 0 Å². The van der Waals surface area contributed by atoms with Crippen LogP contribution in [0.15, 0.2) is 30.3 Å². The van der Waals surface area contributed by atoms with Crippen LogP contribution in [0, 0.1) is 20.8 Å². The molecule has 2 nitrogen and oxygen atoms in total. The zero-order chi connectivity index (χ0) is 12.6. The van der Waals surface area contributed by atoms with Crippen LogP contribution in [0.3, 0.4) is 0 Å². The Morgan fingerprint density at radius 1 is 0.882 bits per heavy atom. The molecule has 1 heterocycles. The number of anilines is 1. The third-order valence-corrected chi connectivity index (χ3v) is 3.20. The fourth-order valence-corrected chi connectivity index (χ4v) is 2.29. The Hall–Kier alpha value is -1.70. The lowest BCUT2D eigenvalue weighted by Gasteiger charge is -2.18. The van der Waals surface area contributed by atoms with Gasteiger partial charge >= 0.3 is 0 Å². The summed E-state index contributed by atoms with van der Waals surface area (Å²) in [5.74, 6) is 0. The van der Waals surface area contributed by atoms with Gasteiger partial charge in [-0.3, -0.25) is 0 Å². The third kappa shape index (κ3) is 2.07. The Morgan fingerprint density at radius 2 is 1.47 bits per heavy atom. The second kappa shape index (κ2) is 4.28. The maximum atomic E-state index is 2.28. The summed E-state index contributed by atoms with van der Waals surface area (Å²) in [6.07, 6.45) is 0. The third-order valence-electron chi connectivity index (χ3n) is 3.20. The first kappa shape index (κ1) is 11.8. The highest BCUT2D eigenvalue weighted by Crippen LogP contribution is 2.24. The lowest BCUT2D eigenvalue weighted by atomic mass is 10.1. The van der Waals surface area contributed by atoms with Crippen molar-refractivity contribution in [2.45, 2.75) is 20.8 Å². The summed E-state index contributed by atoms with van der Waals surface area (Å²) in [5, 5.41) is 0. The van der Waals surface area contributed by atoms with Crippen LogP contribution in [0.25, 0.3) is 5.69 Å². The Kier molecular flexibility index (Phi) is 2.97. The second-order valence-corrected chi connectivity index (χ2v) is 4.82. The first-order valence-corrected chi connectivity index (χ1v) is 5.94. The highest BCUT2D eigenvalue weighted by molar-refractivity contribution is 5.58. The monoisotopic (exact) mass is 228 g/mol. The fourth-order valence-electron chi connectivity index (χ4n) is 2.29. The Morgan fingerprint density at radius 3 is 2.00 bits per heavy atom. The standard InChI is InChI=1S/C15H20N2/c1-11-6-9-14(10-15(11)16(4)5)17-12(2)7-8-13(17)3/h6-10H,1-5H3. The molecule has 0 aliphatic rings. The summed E-state index contributed by atoms with van der Waals surface area (Å²) in [7, 11) is 4.17. The van der Waals surface area contributed by atoms with Crippen molar-refractivity contribution in [2.24, 2.45) is 0 Å². The largest absolute Gasteiger partial charge is 0.377 e. The molecule has 90 valence electrons. The van der Waals surface area contributed by atoms with Gasteiger partial charge in [0.25, 0.3) is 0 Å². The van der Waals surface area contributed by atoms with E-state index in [0.29, 0.717) is 0 Å². The quantitative estimate of drug-likeness (QED) is 0.764. The van der Waals surface area contributed by atoms with Crippen LogP contribution in [0.5, 0.6) is 0 Å². The zero-order valence-corrected chi connectivity index (χ0v) is 11.3. The average Bonchev–Trinajstić information content (AvgIpc) is 2.59. The van der Waals surface area contributed by atoms with Gasteiger partial charge < -0.3 is 9.47 Å². The van der Waals surface area contributed by atoms with Crippen LogP contribution < -0.4 is 4.90 Å². The molecule has 0 unspecified atom stereocenters. The number of hydrogen-bond donors (Lipinski definition) is 0. The molecule has 2 aromatic rings. The SMILES string of the molecule is Cc1ccc(-n2c(C)ccc2C)cc1N(C)C. The van der Waals surface area contributed by atoms with Crippen molar-refractivity contribution < 1.29 is 0 Å². The van der Waals surface area contributed by atoms with E-state index < -0.39 is 0 Å². The first-order chi connectivity index (χ1) is 8.00. The van der Waals surface area contributed by atoms with Crippen LogP contribution in [-0.2, 0) is 0 Å². The number of nitrogens with zero attached hydrogens (tertiary/aromatic N) is 2. The lowest BCUT2D eigenvalue weighted by Crippen LogP contribution is -2.11. The summed E-state index contributed by atoms with van der Waals surface area (Å²) >= 11 is 0. The van der Waals surface area contributed by atoms with E-state index in [1.54, 1.807) is 0 Å². The molecule has 0 radical (unpaired) electrons. The normalized spacial score (nSPS) is 10.6. The molecule has 0 bridgehead atoms. The van der Waals surface area contributed by atoms with E-state index in [1.165, 1.54) is 28.3 Å². The highest BCUT2D eigenvalue weighted by Gasteiger charge is 2.07. The first-order valence-electron chi connectivity index (χ1n) is 5.94. The molecule has 0 aliphatic carbocycles. The maximum absolute atomic E-state index is 2.28. The molecule has 2 heteroatoms. The number of hydrogen-bond acceptors (Lipinski definition) is 1. The summed E-state index contributed by atoms with van der Waals surface area (Å²) in [4.78, 5) is 2.16. The number of benzene rings is 1. The van der Waals surface area contributed by atoms with Crippen molar-refractivity contribution in [1.82, 2.24) is 4.57 Å². The average molecular weight is 228 g/mol. The highest BCUT2D eigenvalue weighted by atomic mass is 15.1. The molecule has 2 rings (SSSR count). The number of aryl methyl sites for hydroxylation is 3. The van der Waals surface area contributed by atoms with Gasteiger partial charge in [0.05, 0.1) is 0 Å². The topological polar surface area (TPSA) is 8.17 Å². The van der Waals surface area contributed by atoms with Gasteiger partial charge in [-0.2, -0.15) is 0 Å². The molecular formula is C15H20N2. The van der Waals surface area contributed by atoms with Gasteiger partial charge in [0.15, 0.2) is 0 Å². The van der Waals surface area contributed by atoms with Gasteiger partial charge in [-0.25, -0.2) is 0 Å². The molecule has 1 aromatic heterocycles. The smallest absolute Gasteiger partial charge is 0.0475 e. The minimum absolute atomic E-state index is 1.24. The van der Waals surface area contributed by atoms with E-state index in [4.69, 9.17) is 0 Å². The predicted octanol–water partition coefficient (Wildman–Crippen LogP) is 3.47. The lowest BCUT2D eigenvalue weighted by molar-refractivity contribution is 0.961. The van der Waals surface area contributed by atoms with E-state index >= 15 is 0 Å². The van der Waals surface area contributed by atoms with Crippen LogP contribution in [0.1, 0.15) is 17.0 Å².